The molecule has 0 amide bonds. The highest BCUT2D eigenvalue weighted by molar-refractivity contribution is 9.10. The van der Waals surface area contributed by atoms with Crippen LogP contribution in [0.1, 0.15) is 11.1 Å². The fourth-order valence-electron chi connectivity index (χ4n) is 1.68. The number of nitro benzene ring substituents is 1. The Balaban J connectivity index is 2.40. The van der Waals surface area contributed by atoms with Crippen LogP contribution < -0.4 is 4.74 Å². The van der Waals surface area contributed by atoms with E-state index in [9.17, 15) is 10.1 Å². The fourth-order valence-corrected chi connectivity index (χ4v) is 2.61. The first-order valence-corrected chi connectivity index (χ1v) is 7.70. The van der Waals surface area contributed by atoms with Crippen molar-refractivity contribution in [2.45, 2.75) is 12.3 Å². The van der Waals surface area contributed by atoms with Gasteiger partial charge in [0.25, 0.3) is 0 Å². The Bertz CT molecular complexity index is 659. The quantitative estimate of drug-likeness (QED) is 0.394. The number of nitro groups is 1. The second-order valence-electron chi connectivity index (χ2n) is 4.23. The maximum absolute atomic E-state index is 11.1. The van der Waals surface area contributed by atoms with Crippen molar-refractivity contribution in [1.29, 1.82) is 0 Å². The van der Waals surface area contributed by atoms with Crippen LogP contribution in [0.4, 0.5) is 5.69 Å². The third kappa shape index (κ3) is 3.37. The average Bonchev–Trinajstić information content (AvgIpc) is 2.42. The zero-order valence-corrected chi connectivity index (χ0v) is 13.8. The number of ether oxygens (including phenoxy) is 1. The number of benzene rings is 2. The first-order chi connectivity index (χ1) is 9.51. The van der Waals surface area contributed by atoms with Gasteiger partial charge in [0, 0.05) is 11.4 Å². The molecule has 4 nitrogen and oxygen atoms in total. The molecule has 20 heavy (non-hydrogen) atoms. The highest BCUT2D eigenvalue weighted by Gasteiger charge is 2.17. The van der Waals surface area contributed by atoms with Gasteiger partial charge in [0.1, 0.15) is 5.75 Å². The molecule has 0 aliphatic rings. The first kappa shape index (κ1) is 15.0. The molecule has 2 aromatic rings. The van der Waals surface area contributed by atoms with Crippen molar-refractivity contribution in [3.8, 4) is 11.5 Å². The molecule has 0 atom stereocenters. The van der Waals surface area contributed by atoms with Gasteiger partial charge in [-0.05, 0) is 52.2 Å². The Labute approximate surface area is 133 Å². The summed E-state index contributed by atoms with van der Waals surface area (Å²) in [5.74, 6) is 0.773. The summed E-state index contributed by atoms with van der Waals surface area (Å²) in [4.78, 5) is 10.7. The Morgan fingerprint density at radius 3 is 2.50 bits per heavy atom. The van der Waals surface area contributed by atoms with E-state index in [2.05, 4.69) is 31.9 Å². The van der Waals surface area contributed by atoms with Crippen LogP contribution in [0.15, 0.2) is 40.9 Å². The summed E-state index contributed by atoms with van der Waals surface area (Å²) in [5.41, 5.74) is 1.86. The third-order valence-corrected chi connectivity index (χ3v) is 3.95. The SMILES string of the molecule is Cc1ccc(Oc2ccc(CBr)cc2[N+](=O)[O-])c(Br)c1. The average molecular weight is 401 g/mol. The minimum Gasteiger partial charge on any atom is -0.449 e. The van der Waals surface area contributed by atoms with Crippen LogP contribution in [-0.4, -0.2) is 4.92 Å². The lowest BCUT2D eigenvalue weighted by molar-refractivity contribution is -0.385. The van der Waals surface area contributed by atoms with Crippen molar-refractivity contribution in [2.75, 3.05) is 0 Å². The highest BCUT2D eigenvalue weighted by atomic mass is 79.9. The van der Waals surface area contributed by atoms with Crippen LogP contribution in [0.25, 0.3) is 0 Å². The topological polar surface area (TPSA) is 52.4 Å². The monoisotopic (exact) mass is 399 g/mol. The predicted octanol–water partition coefficient (Wildman–Crippen LogP) is 5.35. The number of alkyl halides is 1. The van der Waals surface area contributed by atoms with Crippen molar-refractivity contribution in [1.82, 2.24) is 0 Å². The van der Waals surface area contributed by atoms with Crippen LogP contribution in [-0.2, 0) is 5.33 Å². The maximum atomic E-state index is 11.1. The maximum Gasteiger partial charge on any atom is 0.311 e. The Kier molecular flexibility index (Phi) is 4.77. The smallest absolute Gasteiger partial charge is 0.311 e. The molecule has 0 saturated heterocycles. The molecule has 0 aliphatic heterocycles. The number of hydrogen-bond donors (Lipinski definition) is 0. The van der Waals surface area contributed by atoms with Gasteiger partial charge in [-0.2, -0.15) is 0 Å². The summed E-state index contributed by atoms with van der Waals surface area (Å²) < 4.78 is 6.41. The van der Waals surface area contributed by atoms with Gasteiger partial charge in [0.2, 0.25) is 5.75 Å². The summed E-state index contributed by atoms with van der Waals surface area (Å²) in [6, 6.07) is 10.5. The summed E-state index contributed by atoms with van der Waals surface area (Å²) in [6.07, 6.45) is 0. The van der Waals surface area contributed by atoms with E-state index in [0.29, 0.717) is 11.1 Å². The number of nitrogens with zero attached hydrogens (tertiary/aromatic N) is 1. The van der Waals surface area contributed by atoms with Gasteiger partial charge >= 0.3 is 5.69 Å². The molecule has 0 spiro atoms. The van der Waals surface area contributed by atoms with Gasteiger partial charge < -0.3 is 4.74 Å². The van der Waals surface area contributed by atoms with Crippen LogP contribution in [0, 0.1) is 17.0 Å². The van der Waals surface area contributed by atoms with Gasteiger partial charge in [-0.1, -0.05) is 28.1 Å². The molecular weight excluding hydrogens is 390 g/mol. The highest BCUT2D eigenvalue weighted by Crippen LogP contribution is 2.36. The normalized spacial score (nSPS) is 10.3. The van der Waals surface area contributed by atoms with Crippen LogP contribution in [0.2, 0.25) is 0 Å². The van der Waals surface area contributed by atoms with Crippen molar-refractivity contribution < 1.29 is 9.66 Å². The van der Waals surface area contributed by atoms with Gasteiger partial charge in [-0.25, -0.2) is 0 Å². The van der Waals surface area contributed by atoms with E-state index < -0.39 is 4.92 Å². The molecule has 0 fully saturated rings. The van der Waals surface area contributed by atoms with Crippen LogP contribution in [0.3, 0.4) is 0 Å². The number of aryl methyl sites for hydroxylation is 1. The first-order valence-electron chi connectivity index (χ1n) is 5.78. The number of hydrogen-bond acceptors (Lipinski definition) is 3. The lowest BCUT2D eigenvalue weighted by atomic mass is 10.2. The van der Waals surface area contributed by atoms with E-state index in [4.69, 9.17) is 4.74 Å². The largest absolute Gasteiger partial charge is 0.449 e. The van der Waals surface area contributed by atoms with Crippen molar-refractivity contribution in [2.24, 2.45) is 0 Å². The van der Waals surface area contributed by atoms with E-state index in [0.717, 1.165) is 15.6 Å². The van der Waals surface area contributed by atoms with E-state index in [1.807, 2.05) is 19.1 Å². The molecule has 0 bridgehead atoms. The Morgan fingerprint density at radius 2 is 1.90 bits per heavy atom. The van der Waals surface area contributed by atoms with Gasteiger partial charge in [0.15, 0.2) is 0 Å². The van der Waals surface area contributed by atoms with E-state index in [-0.39, 0.29) is 11.4 Å². The zero-order valence-electron chi connectivity index (χ0n) is 10.6. The molecule has 2 rings (SSSR count). The van der Waals surface area contributed by atoms with E-state index in [1.165, 1.54) is 6.07 Å². The van der Waals surface area contributed by atoms with Crippen molar-refractivity contribution in [3.05, 3.63) is 62.1 Å². The molecule has 6 heteroatoms. The number of rotatable bonds is 4. The van der Waals surface area contributed by atoms with Gasteiger partial charge in [-0.15, -0.1) is 0 Å². The Morgan fingerprint density at radius 1 is 1.20 bits per heavy atom. The van der Waals surface area contributed by atoms with Gasteiger partial charge in [-0.3, -0.25) is 10.1 Å². The molecule has 0 radical (unpaired) electrons. The third-order valence-electron chi connectivity index (χ3n) is 2.68. The molecule has 0 N–H and O–H groups in total. The minimum absolute atomic E-state index is 0.0468. The van der Waals surface area contributed by atoms with Crippen LogP contribution in [0.5, 0.6) is 11.5 Å². The molecule has 0 aromatic heterocycles. The van der Waals surface area contributed by atoms with E-state index >= 15 is 0 Å². The molecular formula is C14H11Br2NO3. The van der Waals surface area contributed by atoms with E-state index in [1.54, 1.807) is 18.2 Å². The molecule has 104 valence electrons. The molecule has 0 heterocycles. The number of halogens is 2. The van der Waals surface area contributed by atoms with Crippen molar-refractivity contribution in [3.63, 3.8) is 0 Å². The molecule has 0 saturated carbocycles. The minimum atomic E-state index is -0.441. The molecule has 0 aliphatic carbocycles. The summed E-state index contributed by atoms with van der Waals surface area (Å²) >= 11 is 6.67. The standard InChI is InChI=1S/C14H11Br2NO3/c1-9-2-4-13(11(16)6-9)20-14-5-3-10(8-15)7-12(14)17(18)19/h2-7H,8H2,1H3. The fraction of sp³-hybridized carbons (Fsp3) is 0.143. The lowest BCUT2D eigenvalue weighted by Gasteiger charge is -2.09. The summed E-state index contributed by atoms with van der Waals surface area (Å²) in [7, 11) is 0. The Hall–Kier alpha value is -1.40. The van der Waals surface area contributed by atoms with Crippen LogP contribution >= 0.6 is 31.9 Å². The summed E-state index contributed by atoms with van der Waals surface area (Å²) in [5, 5.41) is 11.7. The zero-order chi connectivity index (χ0) is 14.7. The second kappa shape index (κ2) is 6.37. The predicted molar refractivity (Wildman–Crippen MR) is 84.7 cm³/mol. The van der Waals surface area contributed by atoms with Gasteiger partial charge in [0.05, 0.1) is 9.40 Å². The lowest BCUT2D eigenvalue weighted by Crippen LogP contribution is -1.95. The molecule has 0 unspecified atom stereocenters. The second-order valence-corrected chi connectivity index (χ2v) is 5.64. The van der Waals surface area contributed by atoms with Crippen molar-refractivity contribution >= 4 is 37.5 Å². The summed E-state index contributed by atoms with van der Waals surface area (Å²) in [6.45, 7) is 1.96. The molecule has 2 aromatic carbocycles.